The maximum atomic E-state index is 12.3. The summed E-state index contributed by atoms with van der Waals surface area (Å²) in [5.74, 6) is 0.378. The van der Waals surface area contributed by atoms with E-state index in [0.29, 0.717) is 28.5 Å². The summed E-state index contributed by atoms with van der Waals surface area (Å²) in [6.07, 6.45) is 1.47. The number of aromatic nitrogens is 1. The summed E-state index contributed by atoms with van der Waals surface area (Å²) < 4.78 is 11.9. The summed E-state index contributed by atoms with van der Waals surface area (Å²) in [4.78, 5) is 23.5. The van der Waals surface area contributed by atoms with Gasteiger partial charge in [-0.05, 0) is 32.9 Å². The number of nitriles is 1. The van der Waals surface area contributed by atoms with Crippen molar-refractivity contribution in [3.63, 3.8) is 0 Å². The van der Waals surface area contributed by atoms with Gasteiger partial charge in [0.15, 0.2) is 12.9 Å². The fourth-order valence-electron chi connectivity index (χ4n) is 2.07. The molecule has 0 saturated heterocycles. The molecule has 0 aliphatic rings. The van der Waals surface area contributed by atoms with Gasteiger partial charge in [-0.2, -0.15) is 5.26 Å². The number of benzene rings is 1. The number of ether oxygens (including phenoxy) is 2. The van der Waals surface area contributed by atoms with E-state index in [1.54, 1.807) is 39.0 Å². The van der Waals surface area contributed by atoms with Gasteiger partial charge in [0.1, 0.15) is 17.4 Å². The van der Waals surface area contributed by atoms with Gasteiger partial charge in [0.05, 0.1) is 10.9 Å². The lowest BCUT2D eigenvalue weighted by molar-refractivity contribution is 0.0544. The second-order valence-electron chi connectivity index (χ2n) is 5.65. The van der Waals surface area contributed by atoms with Crippen LogP contribution in [-0.4, -0.2) is 29.2 Å². The van der Waals surface area contributed by atoms with E-state index in [2.05, 4.69) is 0 Å². The quantitative estimate of drug-likeness (QED) is 0.813. The molecule has 114 valence electrons. The molecular weight excluding hydrogens is 284 g/mol. The Kier molecular flexibility index (Phi) is 4.18. The highest BCUT2D eigenvalue weighted by molar-refractivity contribution is 6.04. The number of fused-ring (bicyclic) bond motifs is 1. The highest BCUT2D eigenvalue weighted by Crippen LogP contribution is 2.30. The fourth-order valence-corrected chi connectivity index (χ4v) is 2.07. The Morgan fingerprint density at radius 2 is 2.14 bits per heavy atom. The summed E-state index contributed by atoms with van der Waals surface area (Å²) in [6.45, 7) is 5.14. The minimum Gasteiger partial charge on any atom is -0.478 e. The third-order valence-corrected chi connectivity index (χ3v) is 2.83. The summed E-state index contributed by atoms with van der Waals surface area (Å²) in [7, 11) is 0. The standard InChI is InChI=1S/C16H16N2O4/c1-16(2,3)22-15(20)18-9-11(10-19)14-12(18)5-4-6-13(14)21-8-7-17/h4-6,9-10H,8H2,1-3H3. The second-order valence-corrected chi connectivity index (χ2v) is 5.65. The average Bonchev–Trinajstić information content (AvgIpc) is 2.82. The molecule has 0 unspecified atom stereocenters. The Bertz CT molecular complexity index is 763. The number of carbonyl (C=O) groups is 2. The molecule has 0 fully saturated rings. The molecule has 0 spiro atoms. The van der Waals surface area contributed by atoms with Crippen LogP contribution in [0.15, 0.2) is 24.4 Å². The lowest BCUT2D eigenvalue weighted by atomic mass is 10.1. The second kappa shape index (κ2) is 5.90. The van der Waals surface area contributed by atoms with Crippen LogP contribution in [0.3, 0.4) is 0 Å². The molecule has 0 amide bonds. The van der Waals surface area contributed by atoms with E-state index in [4.69, 9.17) is 14.7 Å². The zero-order chi connectivity index (χ0) is 16.3. The molecule has 2 rings (SSSR count). The Morgan fingerprint density at radius 3 is 2.73 bits per heavy atom. The van der Waals surface area contributed by atoms with Crippen LogP contribution in [0, 0.1) is 11.3 Å². The van der Waals surface area contributed by atoms with Gasteiger partial charge in [0, 0.05) is 11.8 Å². The van der Waals surface area contributed by atoms with Crippen molar-refractivity contribution in [3.05, 3.63) is 30.0 Å². The van der Waals surface area contributed by atoms with Gasteiger partial charge in [-0.25, -0.2) is 4.79 Å². The van der Waals surface area contributed by atoms with Crippen molar-refractivity contribution in [3.8, 4) is 11.8 Å². The molecule has 0 atom stereocenters. The molecule has 1 aromatic heterocycles. The Labute approximate surface area is 127 Å². The van der Waals surface area contributed by atoms with Gasteiger partial charge in [0.25, 0.3) is 0 Å². The lowest BCUT2D eigenvalue weighted by Crippen LogP contribution is -2.26. The minimum atomic E-state index is -0.649. The smallest absolute Gasteiger partial charge is 0.419 e. The topological polar surface area (TPSA) is 81.3 Å². The Morgan fingerprint density at radius 1 is 1.41 bits per heavy atom. The van der Waals surface area contributed by atoms with Crippen LogP contribution in [0.2, 0.25) is 0 Å². The van der Waals surface area contributed by atoms with Crippen LogP contribution in [0.1, 0.15) is 31.1 Å². The fraction of sp³-hybridized carbons (Fsp3) is 0.312. The normalized spacial score (nSPS) is 11.0. The molecule has 6 nitrogen and oxygen atoms in total. The largest absolute Gasteiger partial charge is 0.478 e. The van der Waals surface area contributed by atoms with Crippen molar-refractivity contribution in [2.45, 2.75) is 26.4 Å². The van der Waals surface area contributed by atoms with Crippen LogP contribution in [0.4, 0.5) is 4.79 Å². The van der Waals surface area contributed by atoms with Crippen LogP contribution in [0.5, 0.6) is 5.75 Å². The van der Waals surface area contributed by atoms with Crippen LogP contribution >= 0.6 is 0 Å². The van der Waals surface area contributed by atoms with E-state index < -0.39 is 11.7 Å². The zero-order valence-corrected chi connectivity index (χ0v) is 12.6. The average molecular weight is 300 g/mol. The Balaban J connectivity index is 2.56. The Hall–Kier alpha value is -2.81. The molecule has 0 aliphatic heterocycles. The van der Waals surface area contributed by atoms with E-state index in [1.807, 2.05) is 6.07 Å². The van der Waals surface area contributed by atoms with Crippen LogP contribution < -0.4 is 4.74 Å². The van der Waals surface area contributed by atoms with Crippen LogP contribution in [-0.2, 0) is 4.74 Å². The molecule has 0 saturated carbocycles. The number of nitrogens with zero attached hydrogens (tertiary/aromatic N) is 2. The van der Waals surface area contributed by atoms with Gasteiger partial charge in [0.2, 0.25) is 0 Å². The maximum Gasteiger partial charge on any atom is 0.419 e. The first-order valence-electron chi connectivity index (χ1n) is 6.69. The zero-order valence-electron chi connectivity index (χ0n) is 12.6. The summed E-state index contributed by atoms with van der Waals surface area (Å²) in [5, 5.41) is 9.11. The summed E-state index contributed by atoms with van der Waals surface area (Å²) >= 11 is 0. The van der Waals surface area contributed by atoms with E-state index in [0.717, 1.165) is 0 Å². The number of hydrogen-bond acceptors (Lipinski definition) is 5. The molecule has 0 aliphatic carbocycles. The third-order valence-electron chi connectivity index (χ3n) is 2.83. The molecule has 1 aromatic carbocycles. The van der Waals surface area contributed by atoms with E-state index in [-0.39, 0.29) is 6.61 Å². The predicted octanol–water partition coefficient (Wildman–Crippen LogP) is 3.14. The van der Waals surface area contributed by atoms with Crippen molar-refractivity contribution < 1.29 is 19.1 Å². The molecule has 0 bridgehead atoms. The predicted molar refractivity (Wildman–Crippen MR) is 80.1 cm³/mol. The van der Waals surface area contributed by atoms with Gasteiger partial charge in [-0.15, -0.1) is 0 Å². The molecule has 6 heteroatoms. The first kappa shape index (κ1) is 15.6. The van der Waals surface area contributed by atoms with Crippen molar-refractivity contribution >= 4 is 23.3 Å². The van der Waals surface area contributed by atoms with Crippen molar-refractivity contribution in [1.82, 2.24) is 4.57 Å². The number of aldehydes is 1. The van der Waals surface area contributed by atoms with E-state index >= 15 is 0 Å². The van der Waals surface area contributed by atoms with Crippen molar-refractivity contribution in [1.29, 1.82) is 5.26 Å². The van der Waals surface area contributed by atoms with Gasteiger partial charge < -0.3 is 9.47 Å². The minimum absolute atomic E-state index is 0.144. The van der Waals surface area contributed by atoms with E-state index in [1.165, 1.54) is 10.8 Å². The highest BCUT2D eigenvalue weighted by atomic mass is 16.6. The lowest BCUT2D eigenvalue weighted by Gasteiger charge is -2.19. The SMILES string of the molecule is CC(C)(C)OC(=O)n1cc(C=O)c2c(OCC#N)cccc21. The van der Waals surface area contributed by atoms with E-state index in [9.17, 15) is 9.59 Å². The van der Waals surface area contributed by atoms with Crippen molar-refractivity contribution in [2.24, 2.45) is 0 Å². The molecule has 22 heavy (non-hydrogen) atoms. The molecule has 0 radical (unpaired) electrons. The number of hydrogen-bond donors (Lipinski definition) is 0. The number of rotatable bonds is 3. The maximum absolute atomic E-state index is 12.3. The molecular formula is C16H16N2O4. The van der Waals surface area contributed by atoms with Gasteiger partial charge >= 0.3 is 6.09 Å². The van der Waals surface area contributed by atoms with Gasteiger partial charge in [-0.3, -0.25) is 9.36 Å². The molecule has 0 N–H and O–H groups in total. The van der Waals surface area contributed by atoms with Gasteiger partial charge in [-0.1, -0.05) is 6.07 Å². The summed E-state index contributed by atoms with van der Waals surface area (Å²) in [6, 6.07) is 6.89. The monoisotopic (exact) mass is 300 g/mol. The third kappa shape index (κ3) is 3.09. The molecule has 2 aromatic rings. The first-order chi connectivity index (χ1) is 10.4. The highest BCUT2D eigenvalue weighted by Gasteiger charge is 2.22. The first-order valence-corrected chi connectivity index (χ1v) is 6.69. The van der Waals surface area contributed by atoms with Crippen molar-refractivity contribution in [2.75, 3.05) is 6.61 Å². The van der Waals surface area contributed by atoms with Crippen LogP contribution in [0.25, 0.3) is 10.9 Å². The molecule has 1 heterocycles. The number of carbonyl (C=O) groups excluding carboxylic acids is 2. The summed E-state index contributed by atoms with van der Waals surface area (Å²) in [5.41, 5.74) is 0.144.